The van der Waals surface area contributed by atoms with Gasteiger partial charge in [0.25, 0.3) is 0 Å². The van der Waals surface area contributed by atoms with Crippen molar-refractivity contribution in [3.63, 3.8) is 0 Å². The van der Waals surface area contributed by atoms with Crippen LogP contribution < -0.4 is 4.74 Å². The van der Waals surface area contributed by atoms with Crippen molar-refractivity contribution in [1.82, 2.24) is 9.80 Å². The number of thiophene rings is 1. The highest BCUT2D eigenvalue weighted by molar-refractivity contribution is 7.10. The number of carbonyl (C=O) groups excluding carboxylic acids is 1. The standard InChI is InChI=1S/C28H34N2O4S/c1-3-4-6-22(31)17-29(18-24-7-5-15-33-24)19-28(32)30-14-12-27-25(13-16-35-27)26(30)20-34-23-10-8-21(2)9-11-23/h3,5,7-11,13,15-16,22,26,31H,1,4,6,12,14,17-20H2,2H3/t22-,26-/m0/s1. The lowest BCUT2D eigenvalue weighted by Gasteiger charge is -2.37. The Balaban J connectivity index is 1.47. The maximum Gasteiger partial charge on any atom is 0.237 e. The molecule has 0 radical (unpaired) electrons. The molecule has 0 spiro atoms. The van der Waals surface area contributed by atoms with Gasteiger partial charge in [-0.05, 0) is 67.5 Å². The summed E-state index contributed by atoms with van der Waals surface area (Å²) < 4.78 is 11.7. The van der Waals surface area contributed by atoms with E-state index in [1.807, 2.05) is 53.1 Å². The van der Waals surface area contributed by atoms with Gasteiger partial charge in [-0.25, -0.2) is 0 Å². The summed E-state index contributed by atoms with van der Waals surface area (Å²) in [4.78, 5) is 18.9. The summed E-state index contributed by atoms with van der Waals surface area (Å²) in [6, 6.07) is 13.7. The first kappa shape index (κ1) is 25.2. The number of fused-ring (bicyclic) bond motifs is 1. The molecule has 1 N–H and O–H groups in total. The van der Waals surface area contributed by atoms with Gasteiger partial charge in [0.1, 0.15) is 18.1 Å². The van der Waals surface area contributed by atoms with Crippen LogP contribution in [0.2, 0.25) is 0 Å². The van der Waals surface area contributed by atoms with Crippen LogP contribution in [0.5, 0.6) is 5.75 Å². The Labute approximate surface area is 211 Å². The molecule has 4 rings (SSSR count). The summed E-state index contributed by atoms with van der Waals surface area (Å²) in [6.07, 6.45) is 5.08. The summed E-state index contributed by atoms with van der Waals surface area (Å²) >= 11 is 1.74. The number of aryl methyl sites for hydroxylation is 1. The normalized spacial score (nSPS) is 16.2. The van der Waals surface area contributed by atoms with Crippen molar-refractivity contribution in [2.75, 3.05) is 26.2 Å². The molecule has 35 heavy (non-hydrogen) atoms. The van der Waals surface area contributed by atoms with Gasteiger partial charge in [-0.3, -0.25) is 9.69 Å². The van der Waals surface area contributed by atoms with E-state index in [1.54, 1.807) is 23.7 Å². The maximum atomic E-state index is 13.6. The zero-order chi connectivity index (χ0) is 24.6. The largest absolute Gasteiger partial charge is 0.491 e. The van der Waals surface area contributed by atoms with Crippen LogP contribution in [-0.4, -0.2) is 53.2 Å². The number of ether oxygens (including phenoxy) is 1. The van der Waals surface area contributed by atoms with Gasteiger partial charge in [0.05, 0.1) is 31.5 Å². The fourth-order valence-electron chi connectivity index (χ4n) is 4.47. The molecule has 1 aromatic carbocycles. The average Bonchev–Trinajstić information content (AvgIpc) is 3.54. The van der Waals surface area contributed by atoms with Crippen molar-refractivity contribution in [2.24, 2.45) is 0 Å². The molecule has 3 heterocycles. The predicted octanol–water partition coefficient (Wildman–Crippen LogP) is 4.98. The Hall–Kier alpha value is -2.87. The molecule has 186 valence electrons. The lowest BCUT2D eigenvalue weighted by atomic mass is 10.0. The molecular formula is C28H34N2O4S. The van der Waals surface area contributed by atoms with Crippen molar-refractivity contribution in [1.29, 1.82) is 0 Å². The van der Waals surface area contributed by atoms with Crippen molar-refractivity contribution in [3.05, 3.63) is 88.5 Å². The number of amides is 1. The summed E-state index contributed by atoms with van der Waals surface area (Å²) in [7, 11) is 0. The highest BCUT2D eigenvalue weighted by atomic mass is 32.1. The summed E-state index contributed by atoms with van der Waals surface area (Å²) in [5.74, 6) is 1.60. The molecule has 6 nitrogen and oxygen atoms in total. The zero-order valence-electron chi connectivity index (χ0n) is 20.3. The minimum atomic E-state index is -0.540. The summed E-state index contributed by atoms with van der Waals surface area (Å²) in [5.41, 5.74) is 2.35. The molecule has 1 aliphatic rings. The van der Waals surface area contributed by atoms with E-state index in [-0.39, 0.29) is 18.5 Å². The molecule has 0 bridgehead atoms. The van der Waals surface area contributed by atoms with Crippen molar-refractivity contribution in [3.8, 4) is 5.75 Å². The quantitative estimate of drug-likeness (QED) is 0.360. The summed E-state index contributed by atoms with van der Waals surface area (Å²) in [5, 5.41) is 12.6. The number of hydrogen-bond donors (Lipinski definition) is 1. The molecular weight excluding hydrogens is 460 g/mol. The maximum absolute atomic E-state index is 13.6. The van der Waals surface area contributed by atoms with Gasteiger partial charge in [-0.15, -0.1) is 17.9 Å². The highest BCUT2D eigenvalue weighted by Gasteiger charge is 2.33. The second-order valence-corrected chi connectivity index (χ2v) is 10.0. The third-order valence-electron chi connectivity index (χ3n) is 6.34. The van der Waals surface area contributed by atoms with Gasteiger partial charge < -0.3 is 19.2 Å². The molecule has 2 atom stereocenters. The van der Waals surface area contributed by atoms with Crippen LogP contribution >= 0.6 is 11.3 Å². The topological polar surface area (TPSA) is 66.2 Å². The first-order chi connectivity index (χ1) is 17.0. The van der Waals surface area contributed by atoms with E-state index in [2.05, 4.69) is 18.0 Å². The molecule has 0 unspecified atom stereocenters. The molecule has 1 aliphatic heterocycles. The van der Waals surface area contributed by atoms with Crippen LogP contribution in [0.3, 0.4) is 0 Å². The number of nitrogens with zero attached hydrogens (tertiary/aromatic N) is 2. The van der Waals surface area contributed by atoms with Crippen LogP contribution in [0, 0.1) is 6.92 Å². The lowest BCUT2D eigenvalue weighted by molar-refractivity contribution is -0.136. The smallest absolute Gasteiger partial charge is 0.237 e. The first-order valence-corrected chi connectivity index (χ1v) is 13.0. The minimum Gasteiger partial charge on any atom is -0.491 e. The number of aliphatic hydroxyl groups is 1. The highest BCUT2D eigenvalue weighted by Crippen LogP contribution is 2.34. The Morgan fingerprint density at radius 1 is 1.34 bits per heavy atom. The number of aliphatic hydroxyl groups excluding tert-OH is 1. The SMILES string of the molecule is C=CCC[C@H](O)CN(CC(=O)N1CCc2sccc2[C@@H]1COc1ccc(C)cc1)Cc1ccco1. The number of rotatable bonds is 12. The predicted molar refractivity (Wildman–Crippen MR) is 139 cm³/mol. The number of carbonyl (C=O) groups is 1. The number of benzene rings is 1. The number of allylic oxidation sites excluding steroid dienone is 1. The molecule has 7 heteroatoms. The van der Waals surface area contributed by atoms with Gasteiger partial charge in [0.2, 0.25) is 5.91 Å². The first-order valence-electron chi connectivity index (χ1n) is 12.1. The number of hydrogen-bond acceptors (Lipinski definition) is 6. The Morgan fingerprint density at radius 2 is 2.17 bits per heavy atom. The number of furan rings is 1. The molecule has 0 aliphatic carbocycles. The second-order valence-electron chi connectivity index (χ2n) is 9.04. The van der Waals surface area contributed by atoms with E-state index in [1.165, 1.54) is 16.0 Å². The van der Waals surface area contributed by atoms with E-state index in [0.717, 1.165) is 24.4 Å². The zero-order valence-corrected chi connectivity index (χ0v) is 21.1. The van der Waals surface area contributed by atoms with Crippen molar-refractivity contribution in [2.45, 2.75) is 44.9 Å². The van der Waals surface area contributed by atoms with Gasteiger partial charge in [0, 0.05) is 18.0 Å². The van der Waals surface area contributed by atoms with Gasteiger partial charge in [0.15, 0.2) is 0 Å². The van der Waals surface area contributed by atoms with Gasteiger partial charge in [-0.1, -0.05) is 23.8 Å². The third kappa shape index (κ3) is 6.84. The van der Waals surface area contributed by atoms with Gasteiger partial charge in [-0.2, -0.15) is 0 Å². The van der Waals surface area contributed by atoms with E-state index >= 15 is 0 Å². The average molecular weight is 495 g/mol. The molecule has 2 aromatic heterocycles. The van der Waals surface area contributed by atoms with E-state index in [9.17, 15) is 9.90 Å². The van der Waals surface area contributed by atoms with Crippen molar-refractivity contribution >= 4 is 17.2 Å². The third-order valence-corrected chi connectivity index (χ3v) is 7.33. The Kier molecular flexibility index (Phi) is 8.79. The van der Waals surface area contributed by atoms with Gasteiger partial charge >= 0.3 is 0 Å². The van der Waals surface area contributed by atoms with Crippen LogP contribution in [0.4, 0.5) is 0 Å². The summed E-state index contributed by atoms with van der Waals surface area (Å²) in [6.45, 7) is 7.90. The van der Waals surface area contributed by atoms with Crippen LogP contribution in [0.15, 0.2) is 71.2 Å². The fraction of sp³-hybridized carbons (Fsp3) is 0.393. The van der Waals surface area contributed by atoms with Crippen LogP contribution in [0.1, 0.15) is 40.6 Å². The molecule has 0 fully saturated rings. The fourth-order valence-corrected chi connectivity index (χ4v) is 5.40. The minimum absolute atomic E-state index is 0.0295. The van der Waals surface area contributed by atoms with E-state index < -0.39 is 6.10 Å². The van der Waals surface area contributed by atoms with Crippen molar-refractivity contribution < 1.29 is 19.1 Å². The molecule has 0 saturated carbocycles. The van der Waals surface area contributed by atoms with E-state index in [0.29, 0.717) is 32.7 Å². The second kappa shape index (κ2) is 12.2. The van der Waals surface area contributed by atoms with Crippen LogP contribution in [0.25, 0.3) is 0 Å². The monoisotopic (exact) mass is 494 g/mol. The van der Waals surface area contributed by atoms with E-state index in [4.69, 9.17) is 9.15 Å². The molecule has 3 aromatic rings. The molecule has 0 saturated heterocycles. The lowest BCUT2D eigenvalue weighted by Crippen LogP contribution is -2.47. The molecule has 1 amide bonds. The Morgan fingerprint density at radius 3 is 2.91 bits per heavy atom. The van der Waals surface area contributed by atoms with Crippen LogP contribution in [-0.2, 0) is 17.8 Å². The Bertz CT molecular complexity index is 1080.